The highest BCUT2D eigenvalue weighted by molar-refractivity contribution is 7.71. The van der Waals surface area contributed by atoms with Gasteiger partial charge in [-0.15, -0.1) is 5.10 Å². The van der Waals surface area contributed by atoms with Gasteiger partial charge in [-0.1, -0.05) is 12.8 Å². The Kier molecular flexibility index (Phi) is 3.88. The minimum Gasteiger partial charge on any atom is -0.384 e. The van der Waals surface area contributed by atoms with Gasteiger partial charge in [-0.2, -0.15) is 0 Å². The summed E-state index contributed by atoms with van der Waals surface area (Å²) in [5, 5.41) is 7.45. The van der Waals surface area contributed by atoms with E-state index >= 15 is 0 Å². The van der Waals surface area contributed by atoms with Crippen molar-refractivity contribution < 1.29 is 4.74 Å². The maximum Gasteiger partial charge on any atom is 0.225 e. The van der Waals surface area contributed by atoms with Crippen LogP contribution in [0.3, 0.4) is 0 Å². The number of nitrogens with zero attached hydrogens (tertiary/aromatic N) is 3. The number of hydrogen-bond donors (Lipinski definition) is 1. The first-order valence-electron chi connectivity index (χ1n) is 7.20. The number of aromatic nitrogens is 3. The molecule has 0 aromatic carbocycles. The molecule has 1 aromatic rings. The van der Waals surface area contributed by atoms with E-state index in [1.807, 2.05) is 0 Å². The molecule has 3 rings (SSSR count). The van der Waals surface area contributed by atoms with Gasteiger partial charge in [0.15, 0.2) is 4.77 Å². The quantitative estimate of drug-likeness (QED) is 0.862. The molecule has 0 spiro atoms. The van der Waals surface area contributed by atoms with Gasteiger partial charge in [0.05, 0.1) is 6.61 Å². The van der Waals surface area contributed by atoms with Gasteiger partial charge >= 0.3 is 0 Å². The molecule has 0 amide bonds. The Balaban J connectivity index is 1.80. The molecule has 1 unspecified atom stereocenters. The zero-order chi connectivity index (χ0) is 13.2. The maximum atomic E-state index is 5.42. The van der Waals surface area contributed by atoms with Gasteiger partial charge in [0.2, 0.25) is 5.95 Å². The highest BCUT2D eigenvalue weighted by Crippen LogP contribution is 2.33. The monoisotopic (exact) mass is 282 g/mol. The molecular weight excluding hydrogens is 260 g/mol. The lowest BCUT2D eigenvalue weighted by atomic mass is 10.1. The number of nitrogens with one attached hydrogen (secondary N) is 1. The zero-order valence-corrected chi connectivity index (χ0v) is 12.3. The Morgan fingerprint density at radius 3 is 2.89 bits per heavy atom. The summed E-state index contributed by atoms with van der Waals surface area (Å²) in [6.07, 6.45) is 6.26. The van der Waals surface area contributed by atoms with E-state index in [0.717, 1.165) is 30.4 Å². The molecule has 2 aliphatic rings. The fraction of sp³-hybridized carbons (Fsp3) is 0.846. The molecule has 2 heterocycles. The van der Waals surface area contributed by atoms with E-state index in [-0.39, 0.29) is 0 Å². The van der Waals surface area contributed by atoms with E-state index in [1.54, 1.807) is 7.11 Å². The first-order valence-corrected chi connectivity index (χ1v) is 7.61. The molecule has 1 aromatic heterocycles. The topological polar surface area (TPSA) is 46.1 Å². The summed E-state index contributed by atoms with van der Waals surface area (Å²) in [5.41, 5.74) is 0. The van der Waals surface area contributed by atoms with Gasteiger partial charge in [0.1, 0.15) is 0 Å². The van der Waals surface area contributed by atoms with Crippen molar-refractivity contribution in [1.82, 2.24) is 14.8 Å². The molecule has 1 N–H and O–H groups in total. The average Bonchev–Trinajstić information content (AvgIpc) is 3.08. The summed E-state index contributed by atoms with van der Waals surface area (Å²) in [5.74, 6) is 1.66. The number of methoxy groups -OCH3 is 1. The second-order valence-corrected chi connectivity index (χ2v) is 6.08. The summed E-state index contributed by atoms with van der Waals surface area (Å²) in [6, 6.07) is 0.544. The zero-order valence-electron chi connectivity index (χ0n) is 11.5. The molecule has 106 valence electrons. The normalized spacial score (nSPS) is 24.5. The summed E-state index contributed by atoms with van der Waals surface area (Å²) in [6.45, 7) is 2.92. The number of ether oxygens (including phenoxy) is 1. The number of anilines is 1. The van der Waals surface area contributed by atoms with Crippen LogP contribution in [0.5, 0.6) is 0 Å². The van der Waals surface area contributed by atoms with Gasteiger partial charge in [-0.25, -0.2) is 5.10 Å². The first-order chi connectivity index (χ1) is 9.29. The van der Waals surface area contributed by atoms with Gasteiger partial charge < -0.3 is 9.64 Å². The number of hydrogen-bond acceptors (Lipinski definition) is 4. The smallest absolute Gasteiger partial charge is 0.225 e. The van der Waals surface area contributed by atoms with Crippen molar-refractivity contribution >= 4 is 18.2 Å². The molecule has 0 bridgehead atoms. The van der Waals surface area contributed by atoms with Crippen molar-refractivity contribution in [1.29, 1.82) is 0 Å². The SMILES string of the molecule is COCC1CCN(c2n[nH]c(=S)n2C2CCCC2)C1. The summed E-state index contributed by atoms with van der Waals surface area (Å²) in [7, 11) is 1.78. The second-order valence-electron chi connectivity index (χ2n) is 5.69. The number of rotatable bonds is 4. The minimum absolute atomic E-state index is 0.544. The van der Waals surface area contributed by atoms with Crippen LogP contribution in [0, 0.1) is 10.7 Å². The molecule has 0 radical (unpaired) electrons. The Morgan fingerprint density at radius 2 is 2.16 bits per heavy atom. The number of H-pyrrole nitrogens is 1. The molecule has 2 fully saturated rings. The highest BCUT2D eigenvalue weighted by atomic mass is 32.1. The van der Waals surface area contributed by atoms with Crippen LogP contribution in [0.25, 0.3) is 0 Å². The van der Waals surface area contributed by atoms with Crippen LogP contribution >= 0.6 is 12.2 Å². The maximum absolute atomic E-state index is 5.42. The average molecular weight is 282 g/mol. The van der Waals surface area contributed by atoms with Crippen LogP contribution in [-0.4, -0.2) is 41.6 Å². The lowest BCUT2D eigenvalue weighted by Crippen LogP contribution is -2.25. The van der Waals surface area contributed by atoms with E-state index in [2.05, 4.69) is 19.7 Å². The second kappa shape index (κ2) is 5.63. The molecule has 5 nitrogen and oxygen atoms in total. The molecule has 1 atom stereocenters. The molecule has 6 heteroatoms. The third-order valence-electron chi connectivity index (χ3n) is 4.35. The van der Waals surface area contributed by atoms with Crippen LogP contribution in [0.15, 0.2) is 0 Å². The molecule has 1 saturated carbocycles. The van der Waals surface area contributed by atoms with E-state index in [9.17, 15) is 0 Å². The lowest BCUT2D eigenvalue weighted by molar-refractivity contribution is 0.160. The van der Waals surface area contributed by atoms with Crippen molar-refractivity contribution in [2.75, 3.05) is 31.7 Å². The summed E-state index contributed by atoms with van der Waals surface area (Å²) < 4.78 is 8.29. The Bertz CT molecular complexity index is 477. The Morgan fingerprint density at radius 1 is 1.37 bits per heavy atom. The molecular formula is C13H22N4OS. The molecule has 1 aliphatic heterocycles. The first kappa shape index (κ1) is 13.1. The number of aromatic amines is 1. The van der Waals surface area contributed by atoms with E-state index in [4.69, 9.17) is 17.0 Å². The van der Waals surface area contributed by atoms with Crippen LogP contribution < -0.4 is 4.90 Å². The van der Waals surface area contributed by atoms with Gasteiger partial charge in [0, 0.05) is 32.2 Å². The van der Waals surface area contributed by atoms with E-state index < -0.39 is 0 Å². The fourth-order valence-corrected chi connectivity index (χ4v) is 3.67. The molecule has 1 aliphatic carbocycles. The third-order valence-corrected chi connectivity index (χ3v) is 4.63. The van der Waals surface area contributed by atoms with Gasteiger partial charge in [0.25, 0.3) is 0 Å². The van der Waals surface area contributed by atoms with Crippen molar-refractivity contribution in [3.05, 3.63) is 4.77 Å². The summed E-state index contributed by atoms with van der Waals surface area (Å²) >= 11 is 5.42. The van der Waals surface area contributed by atoms with E-state index in [1.165, 1.54) is 32.1 Å². The molecule has 19 heavy (non-hydrogen) atoms. The predicted molar refractivity (Wildman–Crippen MR) is 77.1 cm³/mol. The third kappa shape index (κ3) is 2.56. The predicted octanol–water partition coefficient (Wildman–Crippen LogP) is 2.53. The van der Waals surface area contributed by atoms with Crippen LogP contribution in [0.2, 0.25) is 0 Å². The standard InChI is InChI=1S/C13H22N4OS/c1-18-9-10-6-7-16(8-10)12-14-15-13(19)17(12)11-4-2-3-5-11/h10-11H,2-9H2,1H3,(H,15,19). The van der Waals surface area contributed by atoms with Crippen molar-refractivity contribution in [2.24, 2.45) is 5.92 Å². The van der Waals surface area contributed by atoms with Crippen molar-refractivity contribution in [3.63, 3.8) is 0 Å². The van der Waals surface area contributed by atoms with Crippen molar-refractivity contribution in [2.45, 2.75) is 38.1 Å². The van der Waals surface area contributed by atoms with Crippen LogP contribution in [0.1, 0.15) is 38.1 Å². The van der Waals surface area contributed by atoms with Crippen molar-refractivity contribution in [3.8, 4) is 0 Å². The highest BCUT2D eigenvalue weighted by Gasteiger charge is 2.29. The largest absolute Gasteiger partial charge is 0.384 e. The van der Waals surface area contributed by atoms with E-state index in [0.29, 0.717) is 12.0 Å². The summed E-state index contributed by atoms with van der Waals surface area (Å²) in [4.78, 5) is 2.36. The Hall–Kier alpha value is -0.880. The van der Waals surface area contributed by atoms with Crippen LogP contribution in [0.4, 0.5) is 5.95 Å². The lowest BCUT2D eigenvalue weighted by Gasteiger charge is -2.21. The minimum atomic E-state index is 0.544. The van der Waals surface area contributed by atoms with Gasteiger partial charge in [-0.05, 0) is 31.5 Å². The Labute approximate surface area is 118 Å². The van der Waals surface area contributed by atoms with Crippen LogP contribution in [-0.2, 0) is 4.74 Å². The van der Waals surface area contributed by atoms with Gasteiger partial charge in [-0.3, -0.25) is 4.57 Å². The molecule has 1 saturated heterocycles. The fourth-order valence-electron chi connectivity index (χ4n) is 3.40.